The number of aromatic nitrogens is 3. The maximum absolute atomic E-state index is 5.22. The van der Waals surface area contributed by atoms with Gasteiger partial charge in [0, 0.05) is 10.7 Å². The summed E-state index contributed by atoms with van der Waals surface area (Å²) in [5, 5.41) is 7.33. The predicted octanol–water partition coefficient (Wildman–Crippen LogP) is 2.32. The Balaban J connectivity index is 1.86. The van der Waals surface area contributed by atoms with Gasteiger partial charge in [-0.15, -0.1) is 0 Å². The average Bonchev–Trinajstić information content (AvgIpc) is 3.00. The maximum Gasteiger partial charge on any atom is 0.276 e. The first kappa shape index (κ1) is 10.9. The van der Waals surface area contributed by atoms with E-state index in [-0.39, 0.29) is 6.04 Å². The molecule has 0 radical (unpaired) electrons. The second kappa shape index (κ2) is 4.54. The molecule has 88 valence electrons. The molecule has 17 heavy (non-hydrogen) atoms. The lowest BCUT2D eigenvalue weighted by Crippen LogP contribution is -2.14. The molecule has 3 rings (SSSR count). The minimum atomic E-state index is 0.225. The molecule has 0 saturated carbocycles. The summed E-state index contributed by atoms with van der Waals surface area (Å²) in [7, 11) is 0. The molecule has 2 aromatic heterocycles. The van der Waals surface area contributed by atoms with E-state index in [2.05, 4.69) is 36.4 Å². The van der Waals surface area contributed by atoms with Crippen molar-refractivity contribution >= 4 is 15.9 Å². The van der Waals surface area contributed by atoms with Gasteiger partial charge in [0.2, 0.25) is 0 Å². The van der Waals surface area contributed by atoms with Crippen LogP contribution in [-0.4, -0.2) is 21.7 Å². The Morgan fingerprint density at radius 3 is 3.06 bits per heavy atom. The first-order chi connectivity index (χ1) is 8.33. The van der Waals surface area contributed by atoms with Crippen molar-refractivity contribution in [1.29, 1.82) is 0 Å². The Labute approximate surface area is 107 Å². The van der Waals surface area contributed by atoms with Crippen LogP contribution in [0.2, 0.25) is 0 Å². The van der Waals surface area contributed by atoms with Crippen molar-refractivity contribution in [3.63, 3.8) is 0 Å². The van der Waals surface area contributed by atoms with Crippen LogP contribution in [0.15, 0.2) is 27.3 Å². The smallest absolute Gasteiger partial charge is 0.276 e. The van der Waals surface area contributed by atoms with Crippen molar-refractivity contribution in [2.45, 2.75) is 18.9 Å². The van der Waals surface area contributed by atoms with Crippen molar-refractivity contribution in [1.82, 2.24) is 20.4 Å². The van der Waals surface area contributed by atoms with Crippen LogP contribution < -0.4 is 5.32 Å². The Morgan fingerprint density at radius 2 is 2.35 bits per heavy atom. The Bertz CT molecular complexity index is 504. The van der Waals surface area contributed by atoms with Gasteiger partial charge in [-0.3, -0.25) is 0 Å². The van der Waals surface area contributed by atoms with Crippen LogP contribution in [0.3, 0.4) is 0 Å². The maximum atomic E-state index is 5.22. The van der Waals surface area contributed by atoms with Gasteiger partial charge in [0.25, 0.3) is 5.89 Å². The predicted molar refractivity (Wildman–Crippen MR) is 65.2 cm³/mol. The SMILES string of the molecule is Brc1ccc(-c2nc(C3CCCN3)no2)nc1. The van der Waals surface area contributed by atoms with Crippen molar-refractivity contribution in [2.75, 3.05) is 6.54 Å². The third kappa shape index (κ3) is 2.23. The molecule has 1 fully saturated rings. The van der Waals surface area contributed by atoms with E-state index in [9.17, 15) is 0 Å². The lowest BCUT2D eigenvalue weighted by molar-refractivity contribution is 0.411. The standard InChI is InChI=1S/C11H11BrN4O/c12-7-3-4-9(14-6-7)11-15-10(16-17-11)8-2-1-5-13-8/h3-4,6,8,13H,1-2,5H2. The molecule has 1 saturated heterocycles. The first-order valence-electron chi connectivity index (χ1n) is 5.52. The fourth-order valence-corrected chi connectivity index (χ4v) is 2.12. The summed E-state index contributed by atoms with van der Waals surface area (Å²) in [6.45, 7) is 1.02. The van der Waals surface area contributed by atoms with Gasteiger partial charge in [-0.1, -0.05) is 5.16 Å². The van der Waals surface area contributed by atoms with E-state index in [4.69, 9.17) is 4.52 Å². The van der Waals surface area contributed by atoms with Gasteiger partial charge in [-0.05, 0) is 47.4 Å². The molecule has 0 spiro atoms. The minimum Gasteiger partial charge on any atom is -0.332 e. The Hall–Kier alpha value is -1.27. The molecule has 0 aromatic carbocycles. The molecule has 0 amide bonds. The number of hydrogen-bond donors (Lipinski definition) is 1. The van der Waals surface area contributed by atoms with Crippen LogP contribution >= 0.6 is 15.9 Å². The summed E-state index contributed by atoms with van der Waals surface area (Å²) in [4.78, 5) is 8.60. The van der Waals surface area contributed by atoms with Gasteiger partial charge in [-0.25, -0.2) is 4.98 Å². The second-order valence-electron chi connectivity index (χ2n) is 3.97. The highest BCUT2D eigenvalue weighted by atomic mass is 79.9. The van der Waals surface area contributed by atoms with Gasteiger partial charge in [0.05, 0.1) is 6.04 Å². The molecule has 1 unspecified atom stereocenters. The zero-order valence-electron chi connectivity index (χ0n) is 9.06. The third-order valence-corrected chi connectivity index (χ3v) is 3.23. The number of nitrogens with one attached hydrogen (secondary N) is 1. The zero-order chi connectivity index (χ0) is 11.7. The Kier molecular flexibility index (Phi) is 2.90. The van der Waals surface area contributed by atoms with Crippen molar-refractivity contribution in [3.8, 4) is 11.6 Å². The van der Waals surface area contributed by atoms with Crippen molar-refractivity contribution < 1.29 is 4.52 Å². The minimum absolute atomic E-state index is 0.225. The fourth-order valence-electron chi connectivity index (χ4n) is 1.89. The van der Waals surface area contributed by atoms with Gasteiger partial charge >= 0.3 is 0 Å². The van der Waals surface area contributed by atoms with Crippen LogP contribution in [0.4, 0.5) is 0 Å². The number of rotatable bonds is 2. The normalized spacial score (nSPS) is 19.7. The summed E-state index contributed by atoms with van der Waals surface area (Å²) >= 11 is 3.34. The van der Waals surface area contributed by atoms with Gasteiger partial charge in [0.1, 0.15) is 5.69 Å². The van der Waals surface area contributed by atoms with Crippen molar-refractivity contribution in [2.24, 2.45) is 0 Å². The summed E-state index contributed by atoms with van der Waals surface area (Å²) in [6.07, 6.45) is 3.94. The summed E-state index contributed by atoms with van der Waals surface area (Å²) in [5.74, 6) is 1.20. The molecule has 0 aliphatic carbocycles. The second-order valence-corrected chi connectivity index (χ2v) is 4.88. The van der Waals surface area contributed by atoms with E-state index >= 15 is 0 Å². The molecular formula is C11H11BrN4O. The molecular weight excluding hydrogens is 284 g/mol. The summed E-state index contributed by atoms with van der Waals surface area (Å²) < 4.78 is 6.15. The van der Waals surface area contributed by atoms with E-state index in [1.807, 2.05) is 12.1 Å². The summed E-state index contributed by atoms with van der Waals surface area (Å²) in [6, 6.07) is 3.98. The van der Waals surface area contributed by atoms with E-state index < -0.39 is 0 Å². The molecule has 1 aliphatic heterocycles. The molecule has 6 heteroatoms. The van der Waals surface area contributed by atoms with Crippen molar-refractivity contribution in [3.05, 3.63) is 28.6 Å². The number of pyridine rings is 1. The largest absolute Gasteiger partial charge is 0.332 e. The van der Waals surface area contributed by atoms with Gasteiger partial charge < -0.3 is 9.84 Å². The fraction of sp³-hybridized carbons (Fsp3) is 0.364. The van der Waals surface area contributed by atoms with Crippen LogP contribution in [0.1, 0.15) is 24.7 Å². The molecule has 1 N–H and O–H groups in total. The topological polar surface area (TPSA) is 63.8 Å². The Morgan fingerprint density at radius 1 is 1.41 bits per heavy atom. The van der Waals surface area contributed by atoms with Crippen LogP contribution in [0, 0.1) is 0 Å². The number of nitrogens with zero attached hydrogens (tertiary/aromatic N) is 3. The molecule has 1 atom stereocenters. The number of halogens is 1. The molecule has 0 bridgehead atoms. The molecule has 1 aliphatic rings. The lowest BCUT2D eigenvalue weighted by Gasteiger charge is -2.01. The summed E-state index contributed by atoms with van der Waals surface area (Å²) in [5.41, 5.74) is 0.699. The molecule has 2 aromatic rings. The van der Waals surface area contributed by atoms with Gasteiger partial charge in [0.15, 0.2) is 5.82 Å². The van der Waals surface area contributed by atoms with E-state index in [0.717, 1.165) is 29.7 Å². The van der Waals surface area contributed by atoms with Crippen LogP contribution in [0.25, 0.3) is 11.6 Å². The number of hydrogen-bond acceptors (Lipinski definition) is 5. The zero-order valence-corrected chi connectivity index (χ0v) is 10.6. The molecule has 5 nitrogen and oxygen atoms in total. The quantitative estimate of drug-likeness (QED) is 0.921. The van der Waals surface area contributed by atoms with Gasteiger partial charge in [-0.2, -0.15) is 4.98 Å². The highest BCUT2D eigenvalue weighted by Gasteiger charge is 2.22. The van der Waals surface area contributed by atoms with E-state index in [0.29, 0.717) is 11.6 Å². The molecule has 3 heterocycles. The first-order valence-corrected chi connectivity index (χ1v) is 6.31. The monoisotopic (exact) mass is 294 g/mol. The van der Waals surface area contributed by atoms with E-state index in [1.54, 1.807) is 6.20 Å². The van der Waals surface area contributed by atoms with Crippen LogP contribution in [0.5, 0.6) is 0 Å². The highest BCUT2D eigenvalue weighted by Crippen LogP contribution is 2.23. The lowest BCUT2D eigenvalue weighted by atomic mass is 10.2. The van der Waals surface area contributed by atoms with E-state index in [1.165, 1.54) is 0 Å². The van der Waals surface area contributed by atoms with Crippen LogP contribution in [-0.2, 0) is 0 Å². The average molecular weight is 295 g/mol. The highest BCUT2D eigenvalue weighted by molar-refractivity contribution is 9.10. The third-order valence-electron chi connectivity index (χ3n) is 2.76.